The van der Waals surface area contributed by atoms with E-state index in [1.54, 1.807) is 0 Å². The van der Waals surface area contributed by atoms with Crippen molar-refractivity contribution >= 4 is 11.7 Å². The van der Waals surface area contributed by atoms with Gasteiger partial charge in [0.2, 0.25) is 0 Å². The fourth-order valence-electron chi connectivity index (χ4n) is 1.84. The number of ether oxygens (including phenoxy) is 2. The molecule has 0 saturated heterocycles. The van der Waals surface area contributed by atoms with Crippen molar-refractivity contribution in [1.82, 2.24) is 4.98 Å². The van der Waals surface area contributed by atoms with E-state index in [1.165, 1.54) is 25.4 Å². The second kappa shape index (κ2) is 7.19. The van der Waals surface area contributed by atoms with Crippen molar-refractivity contribution in [2.75, 3.05) is 7.11 Å². The van der Waals surface area contributed by atoms with Crippen molar-refractivity contribution in [3.05, 3.63) is 63.2 Å². The summed E-state index contributed by atoms with van der Waals surface area (Å²) in [7, 11) is 1.22. The molecule has 0 unspecified atom stereocenters. The molecule has 1 aromatic heterocycles. The van der Waals surface area contributed by atoms with Gasteiger partial charge in [0.1, 0.15) is 12.3 Å². The number of carbonyl (C=O) groups is 1. The molecular formula is C16H11FN2O5. The summed E-state index contributed by atoms with van der Waals surface area (Å²) in [6, 6.07) is 4.70. The number of terminal acetylenes is 1. The van der Waals surface area contributed by atoms with Gasteiger partial charge in [-0.15, -0.1) is 6.42 Å². The lowest BCUT2D eigenvalue weighted by atomic mass is 10.1. The maximum absolute atomic E-state index is 13.6. The van der Waals surface area contributed by atoms with Crippen LogP contribution in [0.3, 0.4) is 0 Å². The summed E-state index contributed by atoms with van der Waals surface area (Å²) in [5, 5.41) is 11.0. The van der Waals surface area contributed by atoms with Crippen LogP contribution in [-0.2, 0) is 11.3 Å². The Labute approximate surface area is 136 Å². The molecule has 0 amide bonds. The Morgan fingerprint density at radius 1 is 1.46 bits per heavy atom. The van der Waals surface area contributed by atoms with Gasteiger partial charge in [-0.3, -0.25) is 10.1 Å². The maximum atomic E-state index is 13.6. The number of methoxy groups -OCH3 is 1. The van der Waals surface area contributed by atoms with Crippen molar-refractivity contribution in [3.63, 3.8) is 0 Å². The molecule has 1 heterocycles. The Morgan fingerprint density at radius 2 is 2.21 bits per heavy atom. The summed E-state index contributed by atoms with van der Waals surface area (Å²) in [6.45, 7) is -0.440. The van der Waals surface area contributed by atoms with Gasteiger partial charge < -0.3 is 9.47 Å². The van der Waals surface area contributed by atoms with E-state index < -0.39 is 29.0 Å². The van der Waals surface area contributed by atoms with Crippen LogP contribution in [0.1, 0.15) is 21.6 Å². The van der Waals surface area contributed by atoms with E-state index in [9.17, 15) is 19.3 Å². The number of hydrogen-bond donors (Lipinski definition) is 0. The molecule has 7 nitrogen and oxygen atoms in total. The number of carbonyl (C=O) groups excluding carboxylic acids is 1. The highest BCUT2D eigenvalue weighted by Gasteiger charge is 2.20. The van der Waals surface area contributed by atoms with E-state index in [2.05, 4.69) is 10.9 Å². The number of nitro benzene ring substituents is 1. The van der Waals surface area contributed by atoms with Gasteiger partial charge in [0, 0.05) is 11.8 Å². The van der Waals surface area contributed by atoms with Gasteiger partial charge in [-0.05, 0) is 18.2 Å². The lowest BCUT2D eigenvalue weighted by molar-refractivity contribution is -0.386. The molecule has 2 rings (SSSR count). The monoisotopic (exact) mass is 330 g/mol. The van der Waals surface area contributed by atoms with Crippen LogP contribution in [-0.4, -0.2) is 23.0 Å². The topological polar surface area (TPSA) is 91.6 Å². The first-order valence-corrected chi connectivity index (χ1v) is 6.57. The quantitative estimate of drug-likeness (QED) is 0.362. The number of nitro groups is 1. The second-order valence-corrected chi connectivity index (χ2v) is 4.53. The van der Waals surface area contributed by atoms with Gasteiger partial charge in [-0.1, -0.05) is 5.92 Å². The molecule has 2 aromatic rings. The molecule has 0 aliphatic heterocycles. The molecule has 122 valence electrons. The van der Waals surface area contributed by atoms with E-state index in [4.69, 9.17) is 15.9 Å². The number of benzene rings is 1. The Bertz CT molecular complexity index is 828. The minimum absolute atomic E-state index is 0.00755. The lowest BCUT2D eigenvalue weighted by Gasteiger charge is -2.08. The lowest BCUT2D eigenvalue weighted by Crippen LogP contribution is -2.09. The van der Waals surface area contributed by atoms with Crippen LogP contribution in [0, 0.1) is 28.3 Å². The fourth-order valence-corrected chi connectivity index (χ4v) is 1.84. The van der Waals surface area contributed by atoms with Crippen molar-refractivity contribution in [2.24, 2.45) is 0 Å². The van der Waals surface area contributed by atoms with E-state index in [0.29, 0.717) is 11.6 Å². The van der Waals surface area contributed by atoms with Crippen LogP contribution >= 0.6 is 0 Å². The first-order chi connectivity index (χ1) is 11.5. The molecule has 0 N–H and O–H groups in total. The molecule has 0 spiro atoms. The summed E-state index contributed by atoms with van der Waals surface area (Å²) < 4.78 is 23.3. The third-order valence-corrected chi connectivity index (χ3v) is 3.05. The van der Waals surface area contributed by atoms with Crippen LogP contribution in [0.25, 0.3) is 0 Å². The molecule has 0 atom stereocenters. The highest BCUT2D eigenvalue weighted by Crippen LogP contribution is 2.28. The van der Waals surface area contributed by atoms with Crippen molar-refractivity contribution in [3.8, 4) is 18.1 Å². The molecule has 0 radical (unpaired) electrons. The summed E-state index contributed by atoms with van der Waals surface area (Å²) in [5.41, 5.74) is -0.0419. The molecule has 8 heteroatoms. The zero-order valence-electron chi connectivity index (χ0n) is 12.5. The SMILES string of the molecule is C#Cc1ccc(C(=O)OCc2cc(OC)c(F)cc2[N+](=O)[O-])nc1. The van der Waals surface area contributed by atoms with Crippen LogP contribution in [0.15, 0.2) is 30.5 Å². The van der Waals surface area contributed by atoms with E-state index >= 15 is 0 Å². The van der Waals surface area contributed by atoms with Gasteiger partial charge in [0.05, 0.1) is 23.7 Å². The molecule has 24 heavy (non-hydrogen) atoms. The van der Waals surface area contributed by atoms with E-state index in [1.807, 2.05) is 0 Å². The molecule has 1 aromatic carbocycles. The largest absolute Gasteiger partial charge is 0.494 e. The average molecular weight is 330 g/mol. The standard InChI is InChI=1S/C16H11FN2O5/c1-3-10-4-5-13(18-8-10)16(20)24-9-11-6-15(23-2)12(17)7-14(11)19(21)22/h1,4-8H,9H2,2H3. The van der Waals surface area contributed by atoms with Crippen molar-refractivity contribution < 1.29 is 23.6 Å². The third kappa shape index (κ3) is 3.64. The Hall–Kier alpha value is -3.47. The molecule has 0 aliphatic carbocycles. The molecule has 0 bridgehead atoms. The Balaban J connectivity index is 2.19. The molecule has 0 aliphatic rings. The maximum Gasteiger partial charge on any atom is 0.357 e. The zero-order valence-corrected chi connectivity index (χ0v) is 12.5. The number of nitrogens with zero attached hydrogens (tertiary/aromatic N) is 2. The van der Waals surface area contributed by atoms with Gasteiger partial charge in [0.15, 0.2) is 11.6 Å². The van der Waals surface area contributed by atoms with Gasteiger partial charge in [-0.25, -0.2) is 14.2 Å². The zero-order chi connectivity index (χ0) is 17.7. The summed E-state index contributed by atoms with van der Waals surface area (Å²) in [4.78, 5) is 26.0. The van der Waals surface area contributed by atoms with Gasteiger partial charge in [0.25, 0.3) is 5.69 Å². The number of esters is 1. The number of aromatic nitrogens is 1. The van der Waals surface area contributed by atoms with Gasteiger partial charge >= 0.3 is 5.97 Å². The summed E-state index contributed by atoms with van der Waals surface area (Å²) in [6.07, 6.45) is 6.50. The predicted octanol–water partition coefficient (Wildman–Crippen LogP) is 2.48. The Morgan fingerprint density at radius 3 is 2.75 bits per heavy atom. The number of pyridine rings is 1. The fraction of sp³-hybridized carbons (Fsp3) is 0.125. The number of halogens is 1. The van der Waals surface area contributed by atoms with Crippen LogP contribution in [0.4, 0.5) is 10.1 Å². The molecule has 0 fully saturated rings. The Kier molecular flexibility index (Phi) is 5.06. The van der Waals surface area contributed by atoms with E-state index in [0.717, 1.165) is 6.07 Å². The van der Waals surface area contributed by atoms with Crippen LogP contribution < -0.4 is 4.74 Å². The molecular weight excluding hydrogens is 319 g/mol. The number of hydrogen-bond acceptors (Lipinski definition) is 6. The normalized spacial score (nSPS) is 9.88. The first-order valence-electron chi connectivity index (χ1n) is 6.57. The highest BCUT2D eigenvalue weighted by atomic mass is 19.1. The van der Waals surface area contributed by atoms with Crippen LogP contribution in [0.2, 0.25) is 0 Å². The van der Waals surface area contributed by atoms with E-state index in [-0.39, 0.29) is 17.0 Å². The molecule has 0 saturated carbocycles. The minimum atomic E-state index is -0.884. The van der Waals surface area contributed by atoms with Crippen molar-refractivity contribution in [2.45, 2.75) is 6.61 Å². The predicted molar refractivity (Wildman–Crippen MR) is 80.9 cm³/mol. The van der Waals surface area contributed by atoms with Gasteiger partial charge in [-0.2, -0.15) is 0 Å². The summed E-state index contributed by atoms with van der Waals surface area (Å²) in [5.74, 6) is 0.480. The smallest absolute Gasteiger partial charge is 0.357 e. The second-order valence-electron chi connectivity index (χ2n) is 4.53. The third-order valence-electron chi connectivity index (χ3n) is 3.05. The van der Waals surface area contributed by atoms with Crippen LogP contribution in [0.5, 0.6) is 5.75 Å². The first kappa shape index (κ1) is 16.9. The summed E-state index contributed by atoms with van der Waals surface area (Å²) >= 11 is 0. The average Bonchev–Trinajstić information content (AvgIpc) is 2.60. The minimum Gasteiger partial charge on any atom is -0.494 e. The highest BCUT2D eigenvalue weighted by molar-refractivity contribution is 5.87. The van der Waals surface area contributed by atoms with Crippen molar-refractivity contribution in [1.29, 1.82) is 0 Å². The number of rotatable bonds is 5.